The van der Waals surface area contributed by atoms with Crippen LogP contribution in [0.25, 0.3) is 0 Å². The van der Waals surface area contributed by atoms with Crippen molar-refractivity contribution in [2.45, 2.75) is 44.4 Å². The quantitative estimate of drug-likeness (QED) is 0.832. The molecule has 1 aromatic rings. The summed E-state index contributed by atoms with van der Waals surface area (Å²) in [5.41, 5.74) is 8.79. The molecule has 0 radical (unpaired) electrons. The van der Waals surface area contributed by atoms with Crippen LogP contribution in [0, 0.1) is 6.92 Å². The van der Waals surface area contributed by atoms with Crippen molar-refractivity contribution in [3.63, 3.8) is 0 Å². The molecule has 0 bridgehead atoms. The van der Waals surface area contributed by atoms with E-state index < -0.39 is 0 Å². The molecule has 88 valence electrons. The zero-order valence-electron chi connectivity index (χ0n) is 9.93. The van der Waals surface area contributed by atoms with Gasteiger partial charge in [-0.15, -0.1) is 0 Å². The second-order valence-electron chi connectivity index (χ2n) is 5.01. The molecule has 0 unspecified atom stereocenters. The van der Waals surface area contributed by atoms with Crippen molar-refractivity contribution in [1.29, 1.82) is 0 Å². The van der Waals surface area contributed by atoms with Crippen molar-refractivity contribution in [3.8, 4) is 0 Å². The van der Waals surface area contributed by atoms with Gasteiger partial charge in [0.1, 0.15) is 0 Å². The third-order valence-electron chi connectivity index (χ3n) is 3.97. The summed E-state index contributed by atoms with van der Waals surface area (Å²) in [4.78, 5) is 0. The predicted molar refractivity (Wildman–Crippen MR) is 70.0 cm³/mol. The van der Waals surface area contributed by atoms with Crippen LogP contribution in [-0.2, 0) is 5.41 Å². The Labute approximate surface area is 103 Å². The molecule has 0 amide bonds. The molecule has 1 aromatic carbocycles. The molecule has 1 aliphatic rings. The van der Waals surface area contributed by atoms with Gasteiger partial charge in [-0.3, -0.25) is 0 Å². The fourth-order valence-corrected chi connectivity index (χ4v) is 2.93. The average molecular weight is 238 g/mol. The van der Waals surface area contributed by atoms with Crippen LogP contribution >= 0.6 is 11.6 Å². The molecule has 2 rings (SSSR count). The van der Waals surface area contributed by atoms with Crippen LogP contribution in [0.4, 0.5) is 0 Å². The van der Waals surface area contributed by atoms with E-state index in [1.54, 1.807) is 0 Å². The van der Waals surface area contributed by atoms with Gasteiger partial charge >= 0.3 is 0 Å². The Balaban J connectivity index is 2.35. The minimum atomic E-state index is 0.216. The summed E-state index contributed by atoms with van der Waals surface area (Å²) < 4.78 is 0. The van der Waals surface area contributed by atoms with Crippen LogP contribution in [0.3, 0.4) is 0 Å². The first-order valence-electron chi connectivity index (χ1n) is 6.15. The molecule has 1 fully saturated rings. The molecule has 0 aliphatic heterocycles. The topological polar surface area (TPSA) is 26.0 Å². The second kappa shape index (κ2) is 4.77. The summed E-state index contributed by atoms with van der Waals surface area (Å²) in [5, 5.41) is 0.853. The van der Waals surface area contributed by atoms with Crippen LogP contribution in [0.15, 0.2) is 18.2 Å². The first kappa shape index (κ1) is 11.9. The zero-order valence-corrected chi connectivity index (χ0v) is 10.7. The summed E-state index contributed by atoms with van der Waals surface area (Å²) in [6.45, 7) is 2.83. The van der Waals surface area contributed by atoms with Gasteiger partial charge in [0.05, 0.1) is 0 Å². The molecule has 0 spiro atoms. The summed E-state index contributed by atoms with van der Waals surface area (Å²) in [6.07, 6.45) is 6.42. The molecule has 1 aliphatic carbocycles. The third kappa shape index (κ3) is 2.11. The number of benzene rings is 1. The standard InChI is InChI=1S/C14H20ClN/c1-11-9-12(5-6-13(11)15)14(10-16)7-3-2-4-8-14/h5-6,9H,2-4,7-8,10,16H2,1H3. The van der Waals surface area contributed by atoms with Crippen LogP contribution in [0.1, 0.15) is 43.2 Å². The SMILES string of the molecule is Cc1cc(C2(CN)CCCCC2)ccc1Cl. The summed E-state index contributed by atoms with van der Waals surface area (Å²) in [6, 6.07) is 6.40. The van der Waals surface area contributed by atoms with E-state index >= 15 is 0 Å². The highest BCUT2D eigenvalue weighted by atomic mass is 35.5. The van der Waals surface area contributed by atoms with Gasteiger partial charge in [0.2, 0.25) is 0 Å². The number of aryl methyl sites for hydroxylation is 1. The van der Waals surface area contributed by atoms with Crippen LogP contribution in [0.2, 0.25) is 5.02 Å². The van der Waals surface area contributed by atoms with Crippen LogP contribution in [0.5, 0.6) is 0 Å². The summed E-state index contributed by atoms with van der Waals surface area (Å²) in [7, 11) is 0. The molecule has 2 N–H and O–H groups in total. The van der Waals surface area contributed by atoms with E-state index in [4.69, 9.17) is 17.3 Å². The van der Waals surface area contributed by atoms with E-state index in [2.05, 4.69) is 19.1 Å². The van der Waals surface area contributed by atoms with Crippen LogP contribution in [-0.4, -0.2) is 6.54 Å². The van der Waals surface area contributed by atoms with E-state index in [9.17, 15) is 0 Å². The Hall–Kier alpha value is -0.530. The lowest BCUT2D eigenvalue weighted by atomic mass is 9.69. The van der Waals surface area contributed by atoms with Gasteiger partial charge in [0.15, 0.2) is 0 Å². The first-order valence-corrected chi connectivity index (χ1v) is 6.52. The van der Waals surface area contributed by atoms with Crippen LogP contribution < -0.4 is 5.73 Å². The number of hydrogen-bond donors (Lipinski definition) is 1. The smallest absolute Gasteiger partial charge is 0.0435 e. The Morgan fingerprint density at radius 1 is 1.25 bits per heavy atom. The van der Waals surface area contributed by atoms with E-state index in [0.717, 1.165) is 17.1 Å². The lowest BCUT2D eigenvalue weighted by molar-refractivity contribution is 0.300. The fourth-order valence-electron chi connectivity index (χ4n) is 2.81. The normalized spacial score (nSPS) is 19.7. The largest absolute Gasteiger partial charge is 0.330 e. The van der Waals surface area contributed by atoms with E-state index in [1.165, 1.54) is 37.7 Å². The lowest BCUT2D eigenvalue weighted by Gasteiger charge is -2.37. The van der Waals surface area contributed by atoms with Crippen molar-refractivity contribution in [1.82, 2.24) is 0 Å². The minimum absolute atomic E-state index is 0.216. The highest BCUT2D eigenvalue weighted by Gasteiger charge is 2.32. The molecule has 0 heterocycles. The summed E-state index contributed by atoms with van der Waals surface area (Å²) >= 11 is 6.08. The van der Waals surface area contributed by atoms with Gasteiger partial charge < -0.3 is 5.73 Å². The van der Waals surface area contributed by atoms with E-state index in [1.807, 2.05) is 6.07 Å². The predicted octanol–water partition coefficient (Wildman–Crippen LogP) is 3.81. The van der Waals surface area contributed by atoms with Crippen molar-refractivity contribution >= 4 is 11.6 Å². The monoisotopic (exact) mass is 237 g/mol. The second-order valence-corrected chi connectivity index (χ2v) is 5.42. The molecule has 1 nitrogen and oxygen atoms in total. The number of rotatable bonds is 2. The Kier molecular flexibility index (Phi) is 3.56. The third-order valence-corrected chi connectivity index (χ3v) is 4.40. The van der Waals surface area contributed by atoms with Crippen molar-refractivity contribution in [3.05, 3.63) is 34.3 Å². The summed E-state index contributed by atoms with van der Waals surface area (Å²) in [5.74, 6) is 0. The number of hydrogen-bond acceptors (Lipinski definition) is 1. The molecule has 1 saturated carbocycles. The lowest BCUT2D eigenvalue weighted by Crippen LogP contribution is -2.37. The first-order chi connectivity index (χ1) is 7.68. The van der Waals surface area contributed by atoms with Crippen molar-refractivity contribution in [2.75, 3.05) is 6.54 Å². The van der Waals surface area contributed by atoms with Gasteiger partial charge in [-0.2, -0.15) is 0 Å². The van der Waals surface area contributed by atoms with Gasteiger partial charge in [-0.25, -0.2) is 0 Å². The highest BCUT2D eigenvalue weighted by molar-refractivity contribution is 6.31. The maximum atomic E-state index is 6.08. The highest BCUT2D eigenvalue weighted by Crippen LogP contribution is 2.39. The van der Waals surface area contributed by atoms with Gasteiger partial charge in [0.25, 0.3) is 0 Å². The maximum Gasteiger partial charge on any atom is 0.0435 e. The number of nitrogens with two attached hydrogens (primary N) is 1. The van der Waals surface area contributed by atoms with E-state index in [-0.39, 0.29) is 5.41 Å². The molecular weight excluding hydrogens is 218 g/mol. The van der Waals surface area contributed by atoms with Crippen molar-refractivity contribution < 1.29 is 0 Å². The molecular formula is C14H20ClN. The van der Waals surface area contributed by atoms with Crippen molar-refractivity contribution in [2.24, 2.45) is 5.73 Å². The molecule has 2 heteroatoms. The Morgan fingerprint density at radius 2 is 1.94 bits per heavy atom. The maximum absolute atomic E-state index is 6.08. The number of halogens is 1. The zero-order chi connectivity index (χ0) is 11.6. The average Bonchev–Trinajstić information content (AvgIpc) is 2.33. The van der Waals surface area contributed by atoms with Gasteiger partial charge in [0, 0.05) is 17.0 Å². The van der Waals surface area contributed by atoms with E-state index in [0.29, 0.717) is 0 Å². The molecule has 16 heavy (non-hydrogen) atoms. The molecule has 0 saturated heterocycles. The molecule has 0 atom stereocenters. The Bertz CT molecular complexity index is 367. The van der Waals surface area contributed by atoms with Gasteiger partial charge in [-0.1, -0.05) is 43.0 Å². The fraction of sp³-hybridized carbons (Fsp3) is 0.571. The Morgan fingerprint density at radius 3 is 2.50 bits per heavy atom. The van der Waals surface area contributed by atoms with Gasteiger partial charge in [-0.05, 0) is 37.0 Å². The molecule has 0 aromatic heterocycles. The minimum Gasteiger partial charge on any atom is -0.330 e.